The number of carboxylic acids is 1. The lowest BCUT2D eigenvalue weighted by atomic mass is 10.2. The van der Waals surface area contributed by atoms with E-state index >= 15 is 0 Å². The van der Waals surface area contributed by atoms with Crippen LogP contribution in [0.25, 0.3) is 0 Å². The van der Waals surface area contributed by atoms with E-state index in [0.29, 0.717) is 30.8 Å². The van der Waals surface area contributed by atoms with Crippen molar-refractivity contribution in [2.24, 2.45) is 5.92 Å². The molecule has 1 aromatic rings. The molecule has 18 heavy (non-hydrogen) atoms. The van der Waals surface area contributed by atoms with Crippen LogP contribution >= 0.6 is 0 Å². The first-order chi connectivity index (χ1) is 8.54. The molecule has 1 heterocycles. The van der Waals surface area contributed by atoms with E-state index in [0.717, 1.165) is 18.7 Å². The zero-order valence-corrected chi connectivity index (χ0v) is 10.8. The maximum atomic E-state index is 10.8. The van der Waals surface area contributed by atoms with E-state index in [4.69, 9.17) is 9.63 Å². The molecule has 100 valence electrons. The van der Waals surface area contributed by atoms with Crippen molar-refractivity contribution < 1.29 is 14.4 Å². The normalized spacial score (nSPS) is 15.6. The minimum absolute atomic E-state index is 0.000673. The summed E-state index contributed by atoms with van der Waals surface area (Å²) in [4.78, 5) is 16.9. The third kappa shape index (κ3) is 3.80. The van der Waals surface area contributed by atoms with Crippen LogP contribution in [0, 0.1) is 5.92 Å². The van der Waals surface area contributed by atoms with Crippen LogP contribution in [0.3, 0.4) is 0 Å². The van der Waals surface area contributed by atoms with E-state index < -0.39 is 5.97 Å². The van der Waals surface area contributed by atoms with Gasteiger partial charge in [-0.3, -0.25) is 9.69 Å². The van der Waals surface area contributed by atoms with Crippen molar-refractivity contribution in [2.75, 3.05) is 13.1 Å². The Kier molecular flexibility index (Phi) is 3.96. The van der Waals surface area contributed by atoms with E-state index in [-0.39, 0.29) is 6.54 Å². The van der Waals surface area contributed by atoms with Gasteiger partial charge in [0.15, 0.2) is 5.82 Å². The van der Waals surface area contributed by atoms with E-state index in [2.05, 4.69) is 24.0 Å². The van der Waals surface area contributed by atoms with E-state index in [1.165, 1.54) is 0 Å². The van der Waals surface area contributed by atoms with Gasteiger partial charge in [0.25, 0.3) is 0 Å². The quantitative estimate of drug-likeness (QED) is 0.793. The fourth-order valence-corrected chi connectivity index (χ4v) is 1.92. The summed E-state index contributed by atoms with van der Waals surface area (Å²) in [6.45, 7) is 5.22. The van der Waals surface area contributed by atoms with Crippen LogP contribution in [0.2, 0.25) is 0 Å². The van der Waals surface area contributed by atoms with Crippen LogP contribution in [0.15, 0.2) is 4.52 Å². The molecule has 6 heteroatoms. The number of carboxylic acid groups (broad SMARTS) is 1. The zero-order valence-electron chi connectivity index (χ0n) is 10.8. The summed E-state index contributed by atoms with van der Waals surface area (Å²) >= 11 is 0. The van der Waals surface area contributed by atoms with E-state index in [1.807, 2.05) is 4.90 Å². The Labute approximate surface area is 106 Å². The van der Waals surface area contributed by atoms with Gasteiger partial charge in [-0.05, 0) is 18.8 Å². The smallest absolute Gasteiger partial charge is 0.317 e. The van der Waals surface area contributed by atoms with Crippen molar-refractivity contribution in [1.82, 2.24) is 15.0 Å². The van der Waals surface area contributed by atoms with Gasteiger partial charge >= 0.3 is 5.97 Å². The van der Waals surface area contributed by atoms with Gasteiger partial charge in [0.05, 0.1) is 13.1 Å². The molecular weight excluding hydrogens is 234 g/mol. The first-order valence-corrected chi connectivity index (χ1v) is 6.31. The highest BCUT2D eigenvalue weighted by molar-refractivity contribution is 5.69. The lowest BCUT2D eigenvalue weighted by Gasteiger charge is -2.20. The number of nitrogens with zero attached hydrogens (tertiary/aromatic N) is 3. The second-order valence-corrected chi connectivity index (χ2v) is 5.28. The second-order valence-electron chi connectivity index (χ2n) is 5.28. The summed E-state index contributed by atoms with van der Waals surface area (Å²) < 4.78 is 5.16. The number of aliphatic carboxylic acids is 1. The minimum atomic E-state index is -0.836. The van der Waals surface area contributed by atoms with Crippen LogP contribution < -0.4 is 0 Å². The Balaban J connectivity index is 1.94. The topological polar surface area (TPSA) is 79.5 Å². The van der Waals surface area contributed by atoms with Crippen LogP contribution in [-0.2, 0) is 11.3 Å². The molecule has 1 aliphatic rings. The van der Waals surface area contributed by atoms with Gasteiger partial charge in [0, 0.05) is 12.5 Å². The Morgan fingerprint density at radius 2 is 2.28 bits per heavy atom. The fraction of sp³-hybridized carbons (Fsp3) is 0.750. The maximum absolute atomic E-state index is 10.8. The van der Waals surface area contributed by atoms with Gasteiger partial charge in [0.2, 0.25) is 5.89 Å². The van der Waals surface area contributed by atoms with E-state index in [1.54, 1.807) is 0 Å². The molecule has 0 saturated heterocycles. The van der Waals surface area contributed by atoms with Crippen molar-refractivity contribution in [3.8, 4) is 0 Å². The first kappa shape index (κ1) is 13.0. The van der Waals surface area contributed by atoms with Gasteiger partial charge in [-0.1, -0.05) is 19.0 Å². The standard InChI is InChI=1S/C12H19N3O3/c1-8(2)5-15(7-11(16)17)6-10-13-12(14-18-10)9-3-4-9/h8-9H,3-7H2,1-2H3,(H,16,17). The molecule has 6 nitrogen and oxygen atoms in total. The summed E-state index contributed by atoms with van der Waals surface area (Å²) in [6, 6.07) is 0. The predicted molar refractivity (Wildman–Crippen MR) is 64.0 cm³/mol. The lowest BCUT2D eigenvalue weighted by Crippen LogP contribution is -2.32. The second kappa shape index (κ2) is 5.48. The van der Waals surface area contributed by atoms with Crippen LogP contribution in [0.4, 0.5) is 0 Å². The predicted octanol–water partition coefficient (Wildman–Crippen LogP) is 1.49. The summed E-state index contributed by atoms with van der Waals surface area (Å²) in [5, 5.41) is 12.8. The maximum Gasteiger partial charge on any atom is 0.317 e. The molecule has 2 rings (SSSR count). The average Bonchev–Trinajstić information content (AvgIpc) is 2.98. The highest BCUT2D eigenvalue weighted by Crippen LogP contribution is 2.38. The van der Waals surface area contributed by atoms with Crippen molar-refractivity contribution in [1.29, 1.82) is 0 Å². The van der Waals surface area contributed by atoms with Crippen molar-refractivity contribution >= 4 is 5.97 Å². The molecule has 0 atom stereocenters. The van der Waals surface area contributed by atoms with Crippen molar-refractivity contribution in [2.45, 2.75) is 39.2 Å². The molecule has 0 radical (unpaired) electrons. The molecule has 0 aromatic carbocycles. The largest absolute Gasteiger partial charge is 0.480 e. The van der Waals surface area contributed by atoms with Gasteiger partial charge in [0.1, 0.15) is 0 Å². The monoisotopic (exact) mass is 253 g/mol. The molecule has 1 aliphatic carbocycles. The Morgan fingerprint density at radius 3 is 2.83 bits per heavy atom. The van der Waals surface area contributed by atoms with Gasteiger partial charge in [-0.2, -0.15) is 4.98 Å². The molecule has 0 amide bonds. The number of hydrogen-bond donors (Lipinski definition) is 1. The molecule has 0 unspecified atom stereocenters. The average molecular weight is 253 g/mol. The summed E-state index contributed by atoms with van der Waals surface area (Å²) in [5.74, 6) is 1.30. The first-order valence-electron chi connectivity index (χ1n) is 6.31. The van der Waals surface area contributed by atoms with E-state index in [9.17, 15) is 4.79 Å². The summed E-state index contributed by atoms with van der Waals surface area (Å²) in [5.41, 5.74) is 0. The Bertz CT molecular complexity index is 412. The third-order valence-corrected chi connectivity index (χ3v) is 2.77. The number of aromatic nitrogens is 2. The molecule has 1 N–H and O–H groups in total. The van der Waals surface area contributed by atoms with Crippen LogP contribution in [0.1, 0.15) is 44.3 Å². The molecule has 1 aromatic heterocycles. The van der Waals surface area contributed by atoms with Gasteiger partial charge < -0.3 is 9.63 Å². The number of rotatable bonds is 7. The SMILES string of the molecule is CC(C)CN(CC(=O)O)Cc1nc(C2CC2)no1. The van der Waals surface area contributed by atoms with Crippen LogP contribution in [-0.4, -0.2) is 39.2 Å². The van der Waals surface area contributed by atoms with Gasteiger partial charge in [-0.25, -0.2) is 0 Å². The highest BCUT2D eigenvalue weighted by atomic mass is 16.5. The summed E-state index contributed by atoms with van der Waals surface area (Å²) in [7, 11) is 0. The molecular formula is C12H19N3O3. The molecule has 0 bridgehead atoms. The third-order valence-electron chi connectivity index (χ3n) is 2.77. The van der Waals surface area contributed by atoms with Crippen molar-refractivity contribution in [3.63, 3.8) is 0 Å². The summed E-state index contributed by atoms with van der Waals surface area (Å²) in [6.07, 6.45) is 2.26. The van der Waals surface area contributed by atoms with Gasteiger partial charge in [-0.15, -0.1) is 0 Å². The number of carbonyl (C=O) groups is 1. The molecule has 1 saturated carbocycles. The molecule has 0 aliphatic heterocycles. The molecule has 1 fully saturated rings. The lowest BCUT2D eigenvalue weighted by molar-refractivity contribution is -0.138. The Hall–Kier alpha value is -1.43. The molecule has 0 spiro atoms. The Morgan fingerprint density at radius 1 is 1.56 bits per heavy atom. The van der Waals surface area contributed by atoms with Crippen LogP contribution in [0.5, 0.6) is 0 Å². The highest BCUT2D eigenvalue weighted by Gasteiger charge is 2.29. The number of hydrogen-bond acceptors (Lipinski definition) is 5. The minimum Gasteiger partial charge on any atom is -0.480 e. The fourth-order valence-electron chi connectivity index (χ4n) is 1.92. The van der Waals surface area contributed by atoms with Crippen molar-refractivity contribution in [3.05, 3.63) is 11.7 Å². The zero-order chi connectivity index (χ0) is 13.1.